The zero-order chi connectivity index (χ0) is 16.0. The first-order chi connectivity index (χ1) is 10.4. The van der Waals surface area contributed by atoms with Crippen LogP contribution in [0.3, 0.4) is 0 Å². The third kappa shape index (κ3) is 5.56. The van der Waals surface area contributed by atoms with Crippen LogP contribution in [0, 0.1) is 5.92 Å². The standard InChI is InChI=1S/C17H26N2O3/c1-17(2,3)22-16(20)19-11-14-6-4-5-7-15(14)18-10-13-8-9-21-12-13/h4-7,13,18H,8-12H2,1-3H3,(H,19,20). The molecule has 1 aliphatic rings. The van der Waals surface area contributed by atoms with E-state index in [2.05, 4.69) is 10.6 Å². The second-order valence-corrected chi connectivity index (χ2v) is 6.62. The van der Waals surface area contributed by atoms with Gasteiger partial charge in [0.15, 0.2) is 0 Å². The van der Waals surface area contributed by atoms with Gasteiger partial charge in [-0.1, -0.05) is 18.2 Å². The molecule has 1 amide bonds. The molecule has 0 aromatic heterocycles. The molecular weight excluding hydrogens is 280 g/mol. The summed E-state index contributed by atoms with van der Waals surface area (Å²) < 4.78 is 10.6. The molecule has 1 saturated heterocycles. The van der Waals surface area contributed by atoms with Crippen LogP contribution >= 0.6 is 0 Å². The molecule has 5 heteroatoms. The Morgan fingerprint density at radius 1 is 1.36 bits per heavy atom. The van der Waals surface area contributed by atoms with E-state index >= 15 is 0 Å². The summed E-state index contributed by atoms with van der Waals surface area (Å²) >= 11 is 0. The van der Waals surface area contributed by atoms with Crippen LogP contribution in [-0.4, -0.2) is 31.5 Å². The number of carbonyl (C=O) groups is 1. The smallest absolute Gasteiger partial charge is 0.407 e. The highest BCUT2D eigenvalue weighted by Gasteiger charge is 2.17. The lowest BCUT2D eigenvalue weighted by Crippen LogP contribution is -2.32. The van der Waals surface area contributed by atoms with Crippen LogP contribution < -0.4 is 10.6 Å². The molecular formula is C17H26N2O3. The molecule has 122 valence electrons. The maximum atomic E-state index is 11.7. The van der Waals surface area contributed by atoms with Gasteiger partial charge in [-0.2, -0.15) is 0 Å². The SMILES string of the molecule is CC(C)(C)OC(=O)NCc1ccccc1NCC1CCOC1. The van der Waals surface area contributed by atoms with Gasteiger partial charge < -0.3 is 20.1 Å². The maximum Gasteiger partial charge on any atom is 0.407 e. The Morgan fingerprint density at radius 3 is 2.82 bits per heavy atom. The summed E-state index contributed by atoms with van der Waals surface area (Å²) in [5.74, 6) is 0.562. The highest BCUT2D eigenvalue weighted by atomic mass is 16.6. The number of rotatable bonds is 5. The van der Waals surface area contributed by atoms with Gasteiger partial charge in [-0.15, -0.1) is 0 Å². The summed E-state index contributed by atoms with van der Waals surface area (Å²) in [6.07, 6.45) is 0.706. The second-order valence-electron chi connectivity index (χ2n) is 6.62. The van der Waals surface area contributed by atoms with E-state index in [9.17, 15) is 4.79 Å². The molecule has 1 fully saturated rings. The normalized spacial score (nSPS) is 18.0. The minimum atomic E-state index is -0.482. The van der Waals surface area contributed by atoms with Gasteiger partial charge in [-0.05, 0) is 38.8 Å². The number of para-hydroxylation sites is 1. The molecule has 1 unspecified atom stereocenters. The third-order valence-corrected chi connectivity index (χ3v) is 3.44. The van der Waals surface area contributed by atoms with E-state index < -0.39 is 11.7 Å². The summed E-state index contributed by atoms with van der Waals surface area (Å²) in [4.78, 5) is 11.7. The van der Waals surface area contributed by atoms with Crippen molar-refractivity contribution in [1.29, 1.82) is 0 Å². The van der Waals surface area contributed by atoms with Crippen LogP contribution in [-0.2, 0) is 16.0 Å². The Kier molecular flexibility index (Phi) is 5.66. The third-order valence-electron chi connectivity index (χ3n) is 3.44. The predicted molar refractivity (Wildman–Crippen MR) is 86.9 cm³/mol. The molecule has 1 aliphatic heterocycles. The highest BCUT2D eigenvalue weighted by molar-refractivity contribution is 5.68. The number of amides is 1. The molecule has 0 bridgehead atoms. The van der Waals surface area contributed by atoms with Gasteiger partial charge >= 0.3 is 6.09 Å². The number of nitrogens with one attached hydrogen (secondary N) is 2. The van der Waals surface area contributed by atoms with Crippen molar-refractivity contribution < 1.29 is 14.3 Å². The van der Waals surface area contributed by atoms with Crippen LogP contribution in [0.25, 0.3) is 0 Å². The van der Waals surface area contributed by atoms with Gasteiger partial charge in [0.1, 0.15) is 5.60 Å². The minimum absolute atomic E-state index is 0.397. The Labute approximate surface area is 132 Å². The van der Waals surface area contributed by atoms with Crippen molar-refractivity contribution in [1.82, 2.24) is 5.32 Å². The lowest BCUT2D eigenvalue weighted by Gasteiger charge is -2.20. The highest BCUT2D eigenvalue weighted by Crippen LogP contribution is 2.18. The molecule has 5 nitrogen and oxygen atoms in total. The number of hydrogen-bond acceptors (Lipinski definition) is 4. The van der Waals surface area contributed by atoms with Gasteiger partial charge in [0.25, 0.3) is 0 Å². The Balaban J connectivity index is 1.86. The molecule has 1 aromatic rings. The fourth-order valence-electron chi connectivity index (χ4n) is 2.33. The molecule has 1 aromatic carbocycles. The second kappa shape index (κ2) is 7.49. The Hall–Kier alpha value is -1.75. The lowest BCUT2D eigenvalue weighted by atomic mass is 10.1. The number of alkyl carbamates (subject to hydrolysis) is 1. The van der Waals surface area contributed by atoms with Gasteiger partial charge in [0.2, 0.25) is 0 Å². The van der Waals surface area contributed by atoms with Gasteiger partial charge in [0, 0.05) is 31.3 Å². The summed E-state index contributed by atoms with van der Waals surface area (Å²) in [6.45, 7) is 8.57. The van der Waals surface area contributed by atoms with E-state index in [-0.39, 0.29) is 0 Å². The van der Waals surface area contributed by atoms with E-state index in [0.29, 0.717) is 12.5 Å². The Bertz CT molecular complexity index is 491. The first-order valence-corrected chi connectivity index (χ1v) is 7.80. The molecule has 2 rings (SSSR count). The first kappa shape index (κ1) is 16.6. The van der Waals surface area contributed by atoms with Crippen LogP contribution in [0.1, 0.15) is 32.8 Å². The van der Waals surface area contributed by atoms with Crippen molar-refractivity contribution in [2.45, 2.75) is 39.3 Å². The number of anilines is 1. The predicted octanol–water partition coefficient (Wildman–Crippen LogP) is 3.16. The number of hydrogen-bond donors (Lipinski definition) is 2. The van der Waals surface area contributed by atoms with Gasteiger partial charge in [-0.3, -0.25) is 0 Å². The van der Waals surface area contributed by atoms with Gasteiger partial charge in [-0.25, -0.2) is 4.79 Å². The van der Waals surface area contributed by atoms with Crippen molar-refractivity contribution in [3.8, 4) is 0 Å². The van der Waals surface area contributed by atoms with Crippen molar-refractivity contribution >= 4 is 11.8 Å². The van der Waals surface area contributed by atoms with E-state index in [1.54, 1.807) is 0 Å². The van der Waals surface area contributed by atoms with Gasteiger partial charge in [0.05, 0.1) is 6.61 Å². The first-order valence-electron chi connectivity index (χ1n) is 7.80. The van der Waals surface area contributed by atoms with Crippen molar-refractivity contribution in [3.63, 3.8) is 0 Å². The maximum absolute atomic E-state index is 11.7. The average molecular weight is 306 g/mol. The number of benzene rings is 1. The number of ether oxygens (including phenoxy) is 2. The van der Waals surface area contributed by atoms with Crippen molar-refractivity contribution in [3.05, 3.63) is 29.8 Å². The summed E-state index contributed by atoms with van der Waals surface area (Å²) in [5, 5.41) is 6.25. The summed E-state index contributed by atoms with van der Waals surface area (Å²) in [6, 6.07) is 7.99. The van der Waals surface area contributed by atoms with E-state index in [4.69, 9.17) is 9.47 Å². The largest absolute Gasteiger partial charge is 0.444 e. The van der Waals surface area contributed by atoms with Crippen LogP contribution in [0.5, 0.6) is 0 Å². The van der Waals surface area contributed by atoms with Crippen LogP contribution in [0.15, 0.2) is 24.3 Å². The molecule has 0 radical (unpaired) electrons. The minimum Gasteiger partial charge on any atom is -0.444 e. The molecule has 0 spiro atoms. The summed E-state index contributed by atoms with van der Waals surface area (Å²) in [7, 11) is 0. The topological polar surface area (TPSA) is 59.6 Å². The quantitative estimate of drug-likeness (QED) is 0.877. The van der Waals surface area contributed by atoms with Crippen molar-refractivity contribution in [2.24, 2.45) is 5.92 Å². The van der Waals surface area contributed by atoms with Crippen LogP contribution in [0.4, 0.5) is 10.5 Å². The molecule has 0 saturated carbocycles. The van der Waals surface area contributed by atoms with E-state index in [1.807, 2.05) is 45.0 Å². The molecule has 2 N–H and O–H groups in total. The fraction of sp³-hybridized carbons (Fsp3) is 0.588. The van der Waals surface area contributed by atoms with E-state index in [1.165, 1.54) is 0 Å². The molecule has 22 heavy (non-hydrogen) atoms. The fourth-order valence-corrected chi connectivity index (χ4v) is 2.33. The zero-order valence-electron chi connectivity index (χ0n) is 13.6. The monoisotopic (exact) mass is 306 g/mol. The van der Waals surface area contributed by atoms with E-state index in [0.717, 1.165) is 37.4 Å². The molecule has 1 heterocycles. The number of carbonyl (C=O) groups excluding carboxylic acids is 1. The van der Waals surface area contributed by atoms with Crippen molar-refractivity contribution in [2.75, 3.05) is 25.1 Å². The lowest BCUT2D eigenvalue weighted by molar-refractivity contribution is 0.0523. The zero-order valence-corrected chi connectivity index (χ0v) is 13.6. The summed E-state index contributed by atoms with van der Waals surface area (Å²) in [5.41, 5.74) is 1.61. The average Bonchev–Trinajstić information content (AvgIpc) is 2.95. The Morgan fingerprint density at radius 2 is 2.14 bits per heavy atom. The molecule has 0 aliphatic carbocycles. The van der Waals surface area contributed by atoms with Crippen LogP contribution in [0.2, 0.25) is 0 Å². The molecule has 1 atom stereocenters.